The van der Waals surface area contributed by atoms with Gasteiger partial charge in [-0.15, -0.1) is 11.8 Å². The minimum atomic E-state index is -0.551. The lowest BCUT2D eigenvalue weighted by molar-refractivity contribution is -0.123. The van der Waals surface area contributed by atoms with Crippen molar-refractivity contribution < 1.29 is 19.3 Å². The number of rotatable bonds is 6. The van der Waals surface area contributed by atoms with E-state index in [1.807, 2.05) is 54.6 Å². The first kappa shape index (κ1) is 17.8. The molecule has 6 heteroatoms. The zero-order chi connectivity index (χ0) is 17.9. The molecule has 2 aliphatic heterocycles. The van der Waals surface area contributed by atoms with E-state index in [9.17, 15) is 5.11 Å². The van der Waals surface area contributed by atoms with Crippen LogP contribution in [0.2, 0.25) is 0 Å². The van der Waals surface area contributed by atoms with E-state index >= 15 is 0 Å². The molecule has 0 aliphatic carbocycles. The van der Waals surface area contributed by atoms with E-state index in [1.165, 1.54) is 0 Å². The number of ether oxygens (including phenoxy) is 3. The molecule has 4 rings (SSSR count). The van der Waals surface area contributed by atoms with Crippen molar-refractivity contribution in [1.29, 1.82) is 0 Å². The van der Waals surface area contributed by atoms with Gasteiger partial charge in [0.15, 0.2) is 6.29 Å². The lowest BCUT2D eigenvalue weighted by Gasteiger charge is -2.38. The van der Waals surface area contributed by atoms with Crippen molar-refractivity contribution in [3.63, 3.8) is 0 Å². The number of methoxy groups -OCH3 is 1. The molecule has 2 bridgehead atoms. The minimum absolute atomic E-state index is 0.124. The number of aliphatic hydroxyl groups excluding tert-OH is 1. The standard InChI is InChI=1S/C20H23NO4S/c1-23-14-9-7-13(8-10-14)11-21-17-16-12-24-20(25-16)19(18(17)22)26-15-5-3-2-4-6-15/h2-10,16-22H,11-12H2,1H3. The summed E-state index contributed by atoms with van der Waals surface area (Å²) in [4.78, 5) is 1.10. The Bertz CT molecular complexity index is 712. The van der Waals surface area contributed by atoms with Crippen molar-refractivity contribution in [3.8, 4) is 5.75 Å². The zero-order valence-electron chi connectivity index (χ0n) is 14.6. The van der Waals surface area contributed by atoms with Gasteiger partial charge in [0.1, 0.15) is 11.9 Å². The topological polar surface area (TPSA) is 60.0 Å². The van der Waals surface area contributed by atoms with Crippen LogP contribution in [0.5, 0.6) is 5.75 Å². The Morgan fingerprint density at radius 3 is 2.65 bits per heavy atom. The Morgan fingerprint density at radius 2 is 1.92 bits per heavy atom. The summed E-state index contributed by atoms with van der Waals surface area (Å²) in [5, 5.41) is 14.3. The van der Waals surface area contributed by atoms with E-state index < -0.39 is 6.10 Å². The molecule has 0 radical (unpaired) electrons. The molecule has 2 saturated heterocycles. The van der Waals surface area contributed by atoms with E-state index in [1.54, 1.807) is 18.9 Å². The molecule has 2 aromatic carbocycles. The SMILES string of the molecule is COc1ccc(CNC2C3COC(O3)C(Sc3ccccc3)C2O)cc1. The molecule has 0 saturated carbocycles. The number of hydrogen-bond acceptors (Lipinski definition) is 6. The third-order valence-corrected chi connectivity index (χ3v) is 6.14. The number of hydrogen-bond donors (Lipinski definition) is 2. The van der Waals surface area contributed by atoms with Crippen molar-refractivity contribution in [3.05, 3.63) is 60.2 Å². The number of aliphatic hydroxyl groups is 1. The lowest BCUT2D eigenvalue weighted by Crippen LogP contribution is -2.58. The predicted octanol–water partition coefficient (Wildman–Crippen LogP) is 2.43. The molecule has 0 aromatic heterocycles. The second kappa shape index (κ2) is 7.98. The summed E-state index contributed by atoms with van der Waals surface area (Å²) in [5.74, 6) is 0.834. The van der Waals surface area contributed by atoms with Crippen molar-refractivity contribution in [2.45, 2.75) is 41.2 Å². The molecule has 0 amide bonds. The van der Waals surface area contributed by atoms with Crippen molar-refractivity contribution in [2.75, 3.05) is 13.7 Å². The summed E-state index contributed by atoms with van der Waals surface area (Å²) in [6.07, 6.45) is -1.04. The molecule has 138 valence electrons. The van der Waals surface area contributed by atoms with Gasteiger partial charge in [0, 0.05) is 11.4 Å². The van der Waals surface area contributed by atoms with Crippen LogP contribution in [0, 0.1) is 0 Å². The maximum absolute atomic E-state index is 11.0. The fraction of sp³-hybridized carbons (Fsp3) is 0.400. The first-order valence-electron chi connectivity index (χ1n) is 8.78. The molecule has 2 fully saturated rings. The zero-order valence-corrected chi connectivity index (χ0v) is 15.4. The molecule has 2 N–H and O–H groups in total. The van der Waals surface area contributed by atoms with Gasteiger partial charge in [0.25, 0.3) is 0 Å². The van der Waals surface area contributed by atoms with E-state index in [0.717, 1.165) is 16.2 Å². The number of nitrogens with one attached hydrogen (secondary N) is 1. The van der Waals surface area contributed by atoms with E-state index in [2.05, 4.69) is 5.32 Å². The summed E-state index contributed by atoms with van der Waals surface area (Å²) >= 11 is 1.61. The van der Waals surface area contributed by atoms with Crippen LogP contribution in [-0.2, 0) is 16.0 Å². The van der Waals surface area contributed by atoms with Gasteiger partial charge >= 0.3 is 0 Å². The van der Waals surface area contributed by atoms with Gasteiger partial charge < -0.3 is 24.6 Å². The number of benzene rings is 2. The normalized spacial score (nSPS) is 30.3. The monoisotopic (exact) mass is 373 g/mol. The molecule has 2 aliphatic rings. The molecule has 5 atom stereocenters. The van der Waals surface area contributed by atoms with Gasteiger partial charge in [-0.2, -0.15) is 0 Å². The Kier molecular flexibility index (Phi) is 5.47. The van der Waals surface area contributed by atoms with Gasteiger partial charge in [-0.05, 0) is 29.8 Å². The molecule has 2 heterocycles. The predicted molar refractivity (Wildman–Crippen MR) is 100 cm³/mol. The molecule has 2 aromatic rings. The van der Waals surface area contributed by atoms with Crippen LogP contribution in [0.4, 0.5) is 0 Å². The Morgan fingerprint density at radius 1 is 1.15 bits per heavy atom. The molecule has 0 spiro atoms. The van der Waals surface area contributed by atoms with Crippen LogP contribution in [0.1, 0.15) is 5.56 Å². The van der Waals surface area contributed by atoms with Crippen LogP contribution in [0.25, 0.3) is 0 Å². The van der Waals surface area contributed by atoms with Crippen molar-refractivity contribution >= 4 is 11.8 Å². The third kappa shape index (κ3) is 3.75. The summed E-state index contributed by atoms with van der Waals surface area (Å²) in [5.41, 5.74) is 1.13. The number of thioether (sulfide) groups is 1. The maximum Gasteiger partial charge on any atom is 0.172 e. The highest BCUT2D eigenvalue weighted by Crippen LogP contribution is 2.38. The van der Waals surface area contributed by atoms with Gasteiger partial charge in [0.05, 0.1) is 31.1 Å². The second-order valence-corrected chi connectivity index (χ2v) is 7.77. The minimum Gasteiger partial charge on any atom is -0.497 e. The summed E-state index contributed by atoms with van der Waals surface area (Å²) < 4.78 is 17.0. The third-order valence-electron chi connectivity index (χ3n) is 4.82. The van der Waals surface area contributed by atoms with Gasteiger partial charge in [-0.1, -0.05) is 30.3 Å². The van der Waals surface area contributed by atoms with Crippen LogP contribution >= 0.6 is 11.8 Å². The van der Waals surface area contributed by atoms with E-state index in [-0.39, 0.29) is 23.7 Å². The van der Waals surface area contributed by atoms with Crippen LogP contribution in [0.15, 0.2) is 59.5 Å². The molecular formula is C20H23NO4S. The van der Waals surface area contributed by atoms with Crippen molar-refractivity contribution in [2.24, 2.45) is 0 Å². The summed E-state index contributed by atoms with van der Waals surface area (Å²) in [7, 11) is 1.66. The van der Waals surface area contributed by atoms with Crippen molar-refractivity contribution in [1.82, 2.24) is 5.32 Å². The highest BCUT2D eigenvalue weighted by molar-refractivity contribution is 8.00. The molecular weight excluding hydrogens is 350 g/mol. The summed E-state index contributed by atoms with van der Waals surface area (Å²) in [6, 6.07) is 17.8. The van der Waals surface area contributed by atoms with Gasteiger partial charge in [0.2, 0.25) is 0 Å². The molecule has 26 heavy (non-hydrogen) atoms. The molecule has 5 unspecified atom stereocenters. The largest absolute Gasteiger partial charge is 0.497 e. The maximum atomic E-state index is 11.0. The van der Waals surface area contributed by atoms with Crippen LogP contribution in [0.3, 0.4) is 0 Å². The highest BCUT2D eigenvalue weighted by atomic mass is 32.2. The molecule has 5 nitrogen and oxygen atoms in total. The number of fused-ring (bicyclic) bond motifs is 2. The first-order chi connectivity index (χ1) is 12.7. The van der Waals surface area contributed by atoms with Gasteiger partial charge in [-0.3, -0.25) is 0 Å². The Hall–Kier alpha value is -1.57. The summed E-state index contributed by atoms with van der Waals surface area (Å²) in [6.45, 7) is 1.16. The smallest absolute Gasteiger partial charge is 0.172 e. The second-order valence-electron chi connectivity index (χ2n) is 6.52. The van der Waals surface area contributed by atoms with Crippen LogP contribution in [-0.4, -0.2) is 48.6 Å². The first-order valence-corrected chi connectivity index (χ1v) is 9.66. The lowest BCUT2D eigenvalue weighted by atomic mass is 9.99. The quantitative estimate of drug-likeness (QED) is 0.811. The fourth-order valence-electron chi connectivity index (χ4n) is 3.40. The van der Waals surface area contributed by atoms with Gasteiger partial charge in [-0.25, -0.2) is 0 Å². The Balaban J connectivity index is 1.43. The average molecular weight is 373 g/mol. The van der Waals surface area contributed by atoms with Crippen LogP contribution < -0.4 is 10.1 Å². The Labute approximate surface area is 157 Å². The van der Waals surface area contributed by atoms with E-state index in [4.69, 9.17) is 14.2 Å². The van der Waals surface area contributed by atoms with E-state index in [0.29, 0.717) is 13.2 Å². The highest BCUT2D eigenvalue weighted by Gasteiger charge is 2.50. The fourth-order valence-corrected chi connectivity index (χ4v) is 4.59. The average Bonchev–Trinajstić information content (AvgIpc) is 3.12.